The summed E-state index contributed by atoms with van der Waals surface area (Å²) in [6.07, 6.45) is 0. The van der Waals surface area contributed by atoms with Gasteiger partial charge in [0.25, 0.3) is 0 Å². The molecule has 9 heteroatoms. The first-order valence-corrected chi connectivity index (χ1v) is 11.1. The third-order valence-corrected chi connectivity index (χ3v) is 6.48. The number of hydrogen-bond acceptors (Lipinski definition) is 4. The normalized spacial score (nSPS) is 16.6. The average Bonchev–Trinajstić information content (AvgIpc) is 2.60. The maximum Gasteiger partial charge on any atom is 0.215 e. The minimum Gasteiger partial charge on any atom is -0.357 e. The van der Waals surface area contributed by atoms with Gasteiger partial charge < -0.3 is 10.6 Å². The van der Waals surface area contributed by atoms with E-state index in [1.54, 1.807) is 28.2 Å². The van der Waals surface area contributed by atoms with Gasteiger partial charge in [-0.1, -0.05) is 12.1 Å². The van der Waals surface area contributed by atoms with Crippen molar-refractivity contribution in [2.45, 2.75) is 13.5 Å². The van der Waals surface area contributed by atoms with Gasteiger partial charge in [-0.3, -0.25) is 0 Å². The van der Waals surface area contributed by atoms with Crippen molar-refractivity contribution in [1.29, 1.82) is 0 Å². The van der Waals surface area contributed by atoms with Gasteiger partial charge in [0.2, 0.25) is 10.0 Å². The van der Waals surface area contributed by atoms with Crippen LogP contribution in [-0.2, 0) is 16.6 Å². The van der Waals surface area contributed by atoms with Gasteiger partial charge in [-0.15, -0.1) is 0 Å². The van der Waals surface area contributed by atoms with Crippen molar-refractivity contribution in [2.24, 2.45) is 4.99 Å². The molecule has 1 saturated heterocycles. The molecule has 6 nitrogen and oxygen atoms in total. The Labute approximate surface area is 153 Å². The molecular formula is C16H25FN4O2S2. The zero-order valence-electron chi connectivity index (χ0n) is 14.4. The number of benzene rings is 1. The summed E-state index contributed by atoms with van der Waals surface area (Å²) in [7, 11) is -3.24. The van der Waals surface area contributed by atoms with Crippen LogP contribution in [0.5, 0.6) is 0 Å². The Hall–Kier alpha value is -1.32. The number of rotatable bonds is 7. The van der Waals surface area contributed by atoms with E-state index in [9.17, 15) is 12.8 Å². The monoisotopic (exact) mass is 388 g/mol. The van der Waals surface area contributed by atoms with Crippen molar-refractivity contribution >= 4 is 27.7 Å². The second-order valence-corrected chi connectivity index (χ2v) is 8.89. The van der Waals surface area contributed by atoms with Gasteiger partial charge in [0.1, 0.15) is 5.82 Å². The third kappa shape index (κ3) is 6.83. The Morgan fingerprint density at radius 1 is 1.32 bits per heavy atom. The molecule has 1 fully saturated rings. The SMILES string of the molecule is CCNC(=NCc1cccc(F)c1)NCCS(=O)(=O)N1CCSCC1. The van der Waals surface area contributed by atoms with Gasteiger partial charge in [0.15, 0.2) is 5.96 Å². The van der Waals surface area contributed by atoms with Crippen molar-refractivity contribution in [1.82, 2.24) is 14.9 Å². The molecule has 0 amide bonds. The summed E-state index contributed by atoms with van der Waals surface area (Å²) in [5.41, 5.74) is 0.760. The Morgan fingerprint density at radius 2 is 2.08 bits per heavy atom. The summed E-state index contributed by atoms with van der Waals surface area (Å²) in [5.74, 6) is 1.96. The van der Waals surface area contributed by atoms with E-state index in [4.69, 9.17) is 0 Å². The fourth-order valence-corrected chi connectivity index (χ4v) is 4.89. The number of nitrogens with zero attached hydrogens (tertiary/aromatic N) is 2. The lowest BCUT2D eigenvalue weighted by molar-refractivity contribution is 0.443. The molecule has 0 radical (unpaired) electrons. The quantitative estimate of drug-likeness (QED) is 0.543. The summed E-state index contributed by atoms with van der Waals surface area (Å²) >= 11 is 1.78. The summed E-state index contributed by atoms with van der Waals surface area (Å²) in [4.78, 5) is 4.37. The maximum atomic E-state index is 13.2. The molecule has 1 aliphatic rings. The minimum atomic E-state index is -3.24. The van der Waals surface area contributed by atoms with Crippen LogP contribution >= 0.6 is 11.8 Å². The van der Waals surface area contributed by atoms with E-state index < -0.39 is 10.0 Å². The van der Waals surface area contributed by atoms with Gasteiger partial charge >= 0.3 is 0 Å². The molecule has 0 saturated carbocycles. The van der Waals surface area contributed by atoms with E-state index >= 15 is 0 Å². The molecular weight excluding hydrogens is 363 g/mol. The van der Waals surface area contributed by atoms with E-state index in [1.807, 2.05) is 6.92 Å². The number of thioether (sulfide) groups is 1. The molecule has 0 aromatic heterocycles. The Kier molecular flexibility index (Phi) is 7.98. The van der Waals surface area contributed by atoms with Gasteiger partial charge in [0.05, 0.1) is 12.3 Å². The molecule has 0 atom stereocenters. The fourth-order valence-electron chi connectivity index (χ4n) is 2.40. The zero-order valence-corrected chi connectivity index (χ0v) is 16.0. The van der Waals surface area contributed by atoms with Crippen LogP contribution in [0.2, 0.25) is 0 Å². The molecule has 1 heterocycles. The smallest absolute Gasteiger partial charge is 0.215 e. The van der Waals surface area contributed by atoms with E-state index in [0.29, 0.717) is 32.1 Å². The number of hydrogen-bond donors (Lipinski definition) is 2. The highest BCUT2D eigenvalue weighted by Crippen LogP contribution is 2.13. The van der Waals surface area contributed by atoms with Crippen molar-refractivity contribution in [3.8, 4) is 0 Å². The van der Waals surface area contributed by atoms with Crippen molar-refractivity contribution in [3.05, 3.63) is 35.6 Å². The summed E-state index contributed by atoms with van der Waals surface area (Å²) < 4.78 is 39.4. The highest BCUT2D eigenvalue weighted by molar-refractivity contribution is 7.99. The molecule has 0 bridgehead atoms. The van der Waals surface area contributed by atoms with Crippen LogP contribution < -0.4 is 10.6 Å². The highest BCUT2D eigenvalue weighted by Gasteiger charge is 2.23. The second-order valence-electron chi connectivity index (χ2n) is 5.58. The van der Waals surface area contributed by atoms with Crippen LogP contribution in [-0.4, -0.2) is 62.1 Å². The van der Waals surface area contributed by atoms with Crippen molar-refractivity contribution < 1.29 is 12.8 Å². The lowest BCUT2D eigenvalue weighted by atomic mass is 10.2. The predicted molar refractivity (Wildman–Crippen MR) is 102 cm³/mol. The van der Waals surface area contributed by atoms with Crippen LogP contribution in [0.15, 0.2) is 29.3 Å². The number of aliphatic imine (C=N–C) groups is 1. The topological polar surface area (TPSA) is 73.8 Å². The molecule has 2 rings (SSSR count). The van der Waals surface area contributed by atoms with Crippen LogP contribution in [0.25, 0.3) is 0 Å². The molecule has 0 spiro atoms. The first kappa shape index (κ1) is 20.0. The fraction of sp³-hybridized carbons (Fsp3) is 0.562. The predicted octanol–water partition coefficient (Wildman–Crippen LogP) is 1.26. The maximum absolute atomic E-state index is 13.2. The lowest BCUT2D eigenvalue weighted by Crippen LogP contribution is -2.44. The third-order valence-electron chi connectivity index (χ3n) is 3.67. The van der Waals surface area contributed by atoms with Crippen molar-refractivity contribution in [2.75, 3.05) is 43.4 Å². The zero-order chi connectivity index (χ0) is 18.1. The van der Waals surface area contributed by atoms with E-state index in [1.165, 1.54) is 12.1 Å². The first-order chi connectivity index (χ1) is 12.0. The molecule has 1 aliphatic heterocycles. The Bertz CT molecular complexity index is 676. The van der Waals surface area contributed by atoms with E-state index in [-0.39, 0.29) is 18.1 Å². The summed E-state index contributed by atoms with van der Waals surface area (Å²) in [5, 5.41) is 6.10. The van der Waals surface area contributed by atoms with E-state index in [2.05, 4.69) is 15.6 Å². The molecule has 1 aromatic rings. The summed E-state index contributed by atoms with van der Waals surface area (Å²) in [6.45, 7) is 4.36. The van der Waals surface area contributed by atoms with Crippen LogP contribution in [0.4, 0.5) is 4.39 Å². The van der Waals surface area contributed by atoms with Crippen LogP contribution in [0.1, 0.15) is 12.5 Å². The van der Waals surface area contributed by atoms with Crippen molar-refractivity contribution in [3.63, 3.8) is 0 Å². The molecule has 0 unspecified atom stereocenters. The second kappa shape index (κ2) is 9.98. The Balaban J connectivity index is 1.87. The van der Waals surface area contributed by atoms with Gasteiger partial charge in [0, 0.05) is 37.7 Å². The van der Waals surface area contributed by atoms with Gasteiger partial charge in [-0.2, -0.15) is 11.8 Å². The van der Waals surface area contributed by atoms with Gasteiger partial charge in [-0.25, -0.2) is 22.1 Å². The number of sulfonamides is 1. The van der Waals surface area contributed by atoms with Crippen LogP contribution in [0.3, 0.4) is 0 Å². The highest BCUT2D eigenvalue weighted by atomic mass is 32.2. The minimum absolute atomic E-state index is 0.0298. The number of guanidine groups is 1. The summed E-state index contributed by atoms with van der Waals surface area (Å²) in [6, 6.07) is 6.27. The first-order valence-electron chi connectivity index (χ1n) is 8.33. The lowest BCUT2D eigenvalue weighted by Gasteiger charge is -2.25. The molecule has 2 N–H and O–H groups in total. The van der Waals surface area contributed by atoms with E-state index in [0.717, 1.165) is 17.1 Å². The standard InChI is InChI=1S/C16H25FN4O2S2/c1-2-18-16(20-13-14-4-3-5-15(17)12-14)19-6-11-25(22,23)21-7-9-24-10-8-21/h3-5,12H,2,6-11,13H2,1H3,(H2,18,19,20). The molecule has 140 valence electrons. The molecule has 0 aliphatic carbocycles. The molecule has 25 heavy (non-hydrogen) atoms. The average molecular weight is 389 g/mol. The number of nitrogens with one attached hydrogen (secondary N) is 2. The van der Waals surface area contributed by atoms with Crippen LogP contribution in [0, 0.1) is 5.82 Å². The Morgan fingerprint density at radius 3 is 2.76 bits per heavy atom. The number of halogens is 1. The molecule has 1 aromatic carbocycles. The van der Waals surface area contributed by atoms with Gasteiger partial charge in [-0.05, 0) is 24.6 Å². The largest absolute Gasteiger partial charge is 0.357 e.